The maximum absolute atomic E-state index is 10.7. The summed E-state index contributed by atoms with van der Waals surface area (Å²) in [5.74, 6) is -0.709. The Hall–Kier alpha value is -1.67. The zero-order chi connectivity index (χ0) is 29.7. The first-order valence-electron chi connectivity index (χ1n) is 14.8. The van der Waals surface area contributed by atoms with Crippen molar-refractivity contribution in [3.8, 4) is 0 Å². The van der Waals surface area contributed by atoms with Crippen molar-refractivity contribution in [2.45, 2.75) is 85.5 Å². The number of carboxylic acid groups (broad SMARTS) is 1. The molecule has 4 aromatic carbocycles. The second-order valence-electron chi connectivity index (χ2n) is 12.9. The van der Waals surface area contributed by atoms with Crippen LogP contribution in [0.3, 0.4) is 0 Å². The molecule has 0 radical (unpaired) electrons. The van der Waals surface area contributed by atoms with Gasteiger partial charge in [-0.1, -0.05) is 67.4 Å². The molecule has 0 spiro atoms. The number of rotatable bonds is 5. The van der Waals surface area contributed by atoms with Gasteiger partial charge in [0.25, 0.3) is 0 Å². The first-order chi connectivity index (χ1) is 19.3. The number of halogens is 1. The van der Waals surface area contributed by atoms with Crippen molar-refractivity contribution in [2.24, 2.45) is 4.99 Å². The maximum Gasteiger partial charge on any atom is 1.00 e. The molecule has 0 bridgehead atoms. The number of benzene rings is 4. The summed E-state index contributed by atoms with van der Waals surface area (Å²) in [4.78, 5) is 15.4. The van der Waals surface area contributed by atoms with Crippen LogP contribution in [0, 0.1) is 13.8 Å². The molecule has 43 heavy (non-hydrogen) atoms. The Morgan fingerprint density at radius 3 is 1.91 bits per heavy atom. The third kappa shape index (κ3) is 6.80. The van der Waals surface area contributed by atoms with Crippen molar-refractivity contribution in [1.29, 1.82) is 0 Å². The van der Waals surface area contributed by atoms with Crippen molar-refractivity contribution in [3.63, 3.8) is 0 Å². The Labute approximate surface area is 309 Å². The SMILES string of the molecule is CC1=Nc2ccc3cc(C)ccc3c2C1(C)C.CC1=[N+](CCCCC(=O)O)c2ccc3cc(C)ccc3c2C1(C)C.[Br-].[K+]. The number of fused-ring (bicyclic) bond motifs is 6. The van der Waals surface area contributed by atoms with E-state index in [0.29, 0.717) is 0 Å². The smallest absolute Gasteiger partial charge is 1.00 e. The largest absolute Gasteiger partial charge is 1.00 e. The van der Waals surface area contributed by atoms with Crippen LogP contribution in [0.15, 0.2) is 65.7 Å². The van der Waals surface area contributed by atoms with E-state index in [4.69, 9.17) is 10.1 Å². The Kier molecular flexibility index (Phi) is 11.5. The molecule has 6 heteroatoms. The minimum absolute atomic E-state index is 0. The monoisotopic (exact) mass is 665 g/mol. The van der Waals surface area contributed by atoms with Crippen LogP contribution in [-0.4, -0.2) is 33.6 Å². The van der Waals surface area contributed by atoms with Gasteiger partial charge in [0.05, 0.1) is 11.1 Å². The third-order valence-corrected chi connectivity index (χ3v) is 9.37. The summed E-state index contributed by atoms with van der Waals surface area (Å²) >= 11 is 0. The molecule has 220 valence electrons. The summed E-state index contributed by atoms with van der Waals surface area (Å²) in [5.41, 5.74) is 10.4. The average molecular weight is 667 g/mol. The summed E-state index contributed by atoms with van der Waals surface area (Å²) in [7, 11) is 0. The first-order valence-corrected chi connectivity index (χ1v) is 14.8. The van der Waals surface area contributed by atoms with Gasteiger partial charge < -0.3 is 22.1 Å². The van der Waals surface area contributed by atoms with Crippen LogP contribution < -0.4 is 68.4 Å². The minimum Gasteiger partial charge on any atom is -1.00 e. The minimum atomic E-state index is -0.709. The van der Waals surface area contributed by atoms with Crippen molar-refractivity contribution in [3.05, 3.63) is 82.9 Å². The molecular weight excluding hydrogens is 623 g/mol. The van der Waals surface area contributed by atoms with Gasteiger partial charge in [-0.15, -0.1) is 0 Å². The van der Waals surface area contributed by atoms with Crippen LogP contribution in [-0.2, 0) is 15.6 Å². The number of aliphatic carboxylic acids is 1. The molecule has 4 aromatic rings. The topological polar surface area (TPSA) is 52.7 Å². The number of hydrogen-bond acceptors (Lipinski definition) is 2. The fourth-order valence-electron chi connectivity index (χ4n) is 6.54. The van der Waals surface area contributed by atoms with Gasteiger partial charge in [0.2, 0.25) is 5.69 Å². The number of nitrogens with zero attached hydrogens (tertiary/aromatic N) is 2. The van der Waals surface area contributed by atoms with Gasteiger partial charge in [-0.3, -0.25) is 9.79 Å². The Bertz CT molecular complexity index is 1770. The predicted molar refractivity (Wildman–Crippen MR) is 173 cm³/mol. The maximum atomic E-state index is 10.7. The molecule has 0 unspecified atom stereocenters. The molecule has 2 heterocycles. The zero-order valence-corrected chi connectivity index (χ0v) is 31.9. The normalized spacial score (nSPS) is 15.6. The van der Waals surface area contributed by atoms with E-state index in [9.17, 15) is 4.79 Å². The van der Waals surface area contributed by atoms with E-state index >= 15 is 0 Å². The predicted octanol–water partition coefficient (Wildman–Crippen LogP) is 3.34. The molecule has 0 amide bonds. The van der Waals surface area contributed by atoms with Crippen molar-refractivity contribution >= 4 is 50.3 Å². The van der Waals surface area contributed by atoms with Gasteiger partial charge in [-0.25, -0.2) is 0 Å². The molecule has 2 aliphatic rings. The van der Waals surface area contributed by atoms with Gasteiger partial charge in [-0.2, -0.15) is 4.58 Å². The number of hydrogen-bond donors (Lipinski definition) is 1. The van der Waals surface area contributed by atoms with E-state index in [1.165, 1.54) is 60.9 Å². The molecule has 0 saturated heterocycles. The molecule has 0 saturated carbocycles. The molecule has 0 aromatic heterocycles. The van der Waals surface area contributed by atoms with Crippen molar-refractivity contribution in [1.82, 2.24) is 0 Å². The fraction of sp³-hybridized carbons (Fsp3) is 0.378. The van der Waals surface area contributed by atoms with Crippen LogP contribution >= 0.6 is 0 Å². The van der Waals surface area contributed by atoms with Gasteiger partial charge in [0.15, 0.2) is 5.71 Å². The second kappa shape index (κ2) is 13.8. The molecule has 2 aliphatic heterocycles. The third-order valence-electron chi connectivity index (χ3n) is 9.37. The van der Waals surface area contributed by atoms with Gasteiger partial charge in [0, 0.05) is 42.5 Å². The van der Waals surface area contributed by atoms with E-state index in [1.807, 2.05) is 0 Å². The van der Waals surface area contributed by atoms with Crippen LogP contribution in [0.2, 0.25) is 0 Å². The second-order valence-corrected chi connectivity index (χ2v) is 12.9. The fourth-order valence-corrected chi connectivity index (χ4v) is 6.54. The van der Waals surface area contributed by atoms with E-state index < -0.39 is 5.97 Å². The number of unbranched alkanes of at least 4 members (excludes halogenated alkanes) is 1. The number of carboxylic acids is 1. The quantitative estimate of drug-likeness (QED) is 0.202. The summed E-state index contributed by atoms with van der Waals surface area (Å²) in [6, 6.07) is 22.1. The Morgan fingerprint density at radius 2 is 1.33 bits per heavy atom. The van der Waals surface area contributed by atoms with Crippen LogP contribution in [0.4, 0.5) is 11.4 Å². The van der Waals surface area contributed by atoms with Gasteiger partial charge in [0.1, 0.15) is 6.54 Å². The van der Waals surface area contributed by atoms with Gasteiger partial charge in [-0.05, 0) is 80.3 Å². The zero-order valence-electron chi connectivity index (χ0n) is 27.2. The average Bonchev–Trinajstić information content (AvgIpc) is 3.26. The van der Waals surface area contributed by atoms with Crippen LogP contribution in [0.5, 0.6) is 0 Å². The van der Waals surface area contributed by atoms with Crippen molar-refractivity contribution < 1.29 is 82.8 Å². The molecule has 0 fully saturated rings. The molecular formula is C37H43BrKN2O2+. The number of aliphatic imine (C=N–C) groups is 1. The van der Waals surface area contributed by atoms with E-state index in [2.05, 4.69) is 121 Å². The van der Waals surface area contributed by atoms with Crippen LogP contribution in [0.25, 0.3) is 21.5 Å². The van der Waals surface area contributed by atoms with Crippen LogP contribution in [0.1, 0.15) is 83.1 Å². The molecule has 0 atom stereocenters. The standard InChI is InChI=1S/C21H25NO2.C16H17N.BrH.K/c1-14-8-10-17-16(13-14)9-11-18-20(17)21(3,4)15(2)22(18)12-6-5-7-19(23)24;1-10-5-7-13-12(9-10)6-8-14-15(13)16(3,4)11(2)17-14;;/h8-11,13H,5-7,12H2,1-4H3;5-9H,1-4H3;1H;/q;;;+1. The Balaban J connectivity index is 0.000000236. The number of aryl methyl sites for hydroxylation is 2. The van der Waals surface area contributed by atoms with E-state index in [-0.39, 0.29) is 85.6 Å². The summed E-state index contributed by atoms with van der Waals surface area (Å²) in [6.45, 7) is 18.6. The number of carbonyl (C=O) groups is 1. The summed E-state index contributed by atoms with van der Waals surface area (Å²) in [5, 5.41) is 14.1. The first kappa shape index (κ1) is 35.8. The summed E-state index contributed by atoms with van der Waals surface area (Å²) in [6.07, 6.45) is 1.87. The molecule has 1 N–H and O–H groups in total. The van der Waals surface area contributed by atoms with Gasteiger partial charge >= 0.3 is 57.4 Å². The summed E-state index contributed by atoms with van der Waals surface area (Å²) < 4.78 is 2.39. The Morgan fingerprint density at radius 1 is 0.767 bits per heavy atom. The molecule has 0 aliphatic carbocycles. The molecule has 4 nitrogen and oxygen atoms in total. The van der Waals surface area contributed by atoms with E-state index in [0.717, 1.165) is 25.1 Å². The van der Waals surface area contributed by atoms with Crippen molar-refractivity contribution in [2.75, 3.05) is 6.54 Å². The molecule has 6 rings (SSSR count). The van der Waals surface area contributed by atoms with E-state index in [1.54, 1.807) is 0 Å².